The number of nitrogens with zero attached hydrogens (tertiary/aromatic N) is 2. The lowest BCUT2D eigenvalue weighted by Crippen LogP contribution is -2.45. The van der Waals surface area contributed by atoms with Crippen LogP contribution in [0.2, 0.25) is 0 Å². The Kier molecular flexibility index (Phi) is 7.63. The first-order chi connectivity index (χ1) is 15.9. The highest BCUT2D eigenvalue weighted by Gasteiger charge is 2.37. The Bertz CT molecular complexity index is 1080. The number of hydrogen-bond acceptors (Lipinski definition) is 6. The fourth-order valence-corrected chi connectivity index (χ4v) is 7.06. The van der Waals surface area contributed by atoms with Crippen LogP contribution in [0.4, 0.5) is 0 Å². The van der Waals surface area contributed by atoms with Gasteiger partial charge in [0.1, 0.15) is 0 Å². The number of nitrogens with one attached hydrogen (secondary N) is 1. The van der Waals surface area contributed by atoms with E-state index < -0.39 is 21.8 Å². The van der Waals surface area contributed by atoms with Crippen molar-refractivity contribution in [3.63, 3.8) is 0 Å². The van der Waals surface area contributed by atoms with E-state index in [1.165, 1.54) is 4.31 Å². The van der Waals surface area contributed by atoms with Crippen LogP contribution >= 0.6 is 0 Å². The van der Waals surface area contributed by atoms with Gasteiger partial charge in [-0.25, -0.2) is 18.2 Å². The fourth-order valence-electron chi connectivity index (χ4n) is 5.20. The summed E-state index contributed by atoms with van der Waals surface area (Å²) in [4.78, 5) is 16.7. The Morgan fingerprint density at radius 2 is 1.91 bits per heavy atom. The predicted octanol–water partition coefficient (Wildman–Crippen LogP) is 3.17. The van der Waals surface area contributed by atoms with Gasteiger partial charge in [0.05, 0.1) is 29.9 Å². The highest BCUT2D eigenvalue weighted by Crippen LogP contribution is 2.33. The lowest BCUT2D eigenvalue weighted by atomic mass is 9.92. The number of pyridine rings is 1. The number of hydroxylamine groups is 1. The zero-order valence-electron chi connectivity index (χ0n) is 19.1. The number of aryl methyl sites for hydroxylation is 1. The Hall–Kier alpha value is -2.07. The monoisotopic (exact) mass is 475 g/mol. The molecule has 1 saturated heterocycles. The average molecular weight is 476 g/mol. The van der Waals surface area contributed by atoms with E-state index in [9.17, 15) is 13.2 Å². The highest BCUT2D eigenvalue weighted by atomic mass is 32.2. The molecule has 1 aromatic carbocycles. The first-order valence-electron chi connectivity index (χ1n) is 11.8. The number of carbonyl (C=O) groups is 1. The van der Waals surface area contributed by atoms with Crippen molar-refractivity contribution >= 4 is 26.8 Å². The van der Waals surface area contributed by atoms with Crippen molar-refractivity contribution in [1.29, 1.82) is 0 Å². The van der Waals surface area contributed by atoms with Crippen LogP contribution in [0.1, 0.15) is 49.8 Å². The molecule has 2 fully saturated rings. The van der Waals surface area contributed by atoms with Crippen LogP contribution in [-0.2, 0) is 26.2 Å². The minimum atomic E-state index is -3.60. The Morgan fingerprint density at radius 1 is 1.21 bits per heavy atom. The van der Waals surface area contributed by atoms with Crippen molar-refractivity contribution in [2.24, 2.45) is 11.8 Å². The molecule has 2 aromatic rings. The van der Waals surface area contributed by atoms with Crippen molar-refractivity contribution in [2.75, 3.05) is 18.8 Å². The molecular weight excluding hydrogens is 442 g/mol. The normalized spacial score (nSPS) is 19.7. The van der Waals surface area contributed by atoms with E-state index in [4.69, 9.17) is 9.94 Å². The molecule has 1 aliphatic carbocycles. The van der Waals surface area contributed by atoms with E-state index in [-0.39, 0.29) is 17.8 Å². The maximum absolute atomic E-state index is 13.1. The molecular formula is C24H33N3O5S. The summed E-state index contributed by atoms with van der Waals surface area (Å²) in [6.07, 6.45) is 4.85. The van der Waals surface area contributed by atoms with Crippen molar-refractivity contribution < 1.29 is 23.2 Å². The summed E-state index contributed by atoms with van der Waals surface area (Å²) in [5, 5.41) is 10.2. The lowest BCUT2D eigenvalue weighted by Gasteiger charge is -2.32. The number of carbonyl (C=O) groups excluding carboxylic acids is 1. The van der Waals surface area contributed by atoms with Gasteiger partial charge in [-0.1, -0.05) is 31.0 Å². The Balaban J connectivity index is 1.34. The molecule has 9 heteroatoms. The summed E-state index contributed by atoms with van der Waals surface area (Å²) in [6, 6.07) is 10.0. The number of amides is 1. The molecule has 0 spiro atoms. The quantitative estimate of drug-likeness (QED) is 0.448. The third-order valence-corrected chi connectivity index (χ3v) is 8.94. The molecule has 0 bridgehead atoms. The Morgan fingerprint density at radius 3 is 2.61 bits per heavy atom. The van der Waals surface area contributed by atoms with E-state index in [0.717, 1.165) is 47.8 Å². The van der Waals surface area contributed by atoms with Crippen LogP contribution in [-0.4, -0.2) is 53.8 Å². The van der Waals surface area contributed by atoms with Crippen molar-refractivity contribution in [1.82, 2.24) is 14.8 Å². The SMILES string of the molecule is Cc1cc(COC2CCN(S(=O)(=O)C[C@H](C(=O)NO)C3CCCC3)CC2)c2ccccc2n1. The Labute approximate surface area is 195 Å². The largest absolute Gasteiger partial charge is 0.373 e. The van der Waals surface area contributed by atoms with Crippen molar-refractivity contribution in [3.8, 4) is 0 Å². The van der Waals surface area contributed by atoms with Gasteiger partial charge in [-0.3, -0.25) is 15.0 Å². The molecule has 2 N–H and O–H groups in total. The zero-order valence-corrected chi connectivity index (χ0v) is 19.9. The number of piperidine rings is 1. The molecule has 0 unspecified atom stereocenters. The zero-order chi connectivity index (χ0) is 23.4. The molecule has 1 aromatic heterocycles. The van der Waals surface area contributed by atoms with Crippen LogP contribution in [0.5, 0.6) is 0 Å². The second kappa shape index (κ2) is 10.5. The summed E-state index contributed by atoms with van der Waals surface area (Å²) >= 11 is 0. The summed E-state index contributed by atoms with van der Waals surface area (Å²) in [5.41, 5.74) is 4.65. The van der Waals surface area contributed by atoms with Crippen LogP contribution in [0.3, 0.4) is 0 Å². The molecule has 2 aliphatic rings. The van der Waals surface area contributed by atoms with Gasteiger partial charge in [-0.05, 0) is 56.2 Å². The minimum Gasteiger partial charge on any atom is -0.373 e. The van der Waals surface area contributed by atoms with Crippen LogP contribution in [0, 0.1) is 18.8 Å². The number of rotatable bonds is 8. The number of ether oxygens (including phenoxy) is 1. The summed E-state index contributed by atoms with van der Waals surface area (Å²) in [6.45, 7) is 3.18. The molecule has 4 rings (SSSR count). The van der Waals surface area contributed by atoms with E-state index in [1.54, 1.807) is 5.48 Å². The minimum absolute atomic E-state index is 0.00596. The average Bonchev–Trinajstić information content (AvgIpc) is 3.35. The van der Waals surface area contributed by atoms with Gasteiger partial charge in [0.15, 0.2) is 0 Å². The first kappa shape index (κ1) is 24.1. The molecule has 180 valence electrons. The summed E-state index contributed by atoms with van der Waals surface area (Å²) in [5.74, 6) is -1.55. The standard InChI is InChI=1S/C24H33N3O5S/c1-17-14-19(21-8-4-5-9-23(21)25-17)15-32-20-10-12-27(13-11-20)33(30,31)16-22(24(28)26-29)18-6-2-3-7-18/h4-5,8-9,14,18,20,22,29H,2-3,6-7,10-13,15-16H2,1H3,(H,26,28)/t22-/m0/s1. The smallest absolute Gasteiger partial charge is 0.247 e. The van der Waals surface area contributed by atoms with Crippen molar-refractivity contribution in [2.45, 2.75) is 58.2 Å². The van der Waals surface area contributed by atoms with Crippen LogP contribution in [0.25, 0.3) is 10.9 Å². The van der Waals surface area contributed by atoms with Gasteiger partial charge in [-0.15, -0.1) is 0 Å². The highest BCUT2D eigenvalue weighted by molar-refractivity contribution is 7.89. The van der Waals surface area contributed by atoms with E-state index in [1.807, 2.05) is 37.3 Å². The second-order valence-electron chi connectivity index (χ2n) is 9.25. The summed E-state index contributed by atoms with van der Waals surface area (Å²) < 4.78 is 33.8. The van der Waals surface area contributed by atoms with Gasteiger partial charge in [0.25, 0.3) is 0 Å². The molecule has 1 saturated carbocycles. The molecule has 1 aliphatic heterocycles. The molecule has 8 nitrogen and oxygen atoms in total. The topological polar surface area (TPSA) is 109 Å². The number of aromatic nitrogens is 1. The third kappa shape index (κ3) is 5.71. The number of benzene rings is 1. The van der Waals surface area contributed by atoms with Crippen LogP contribution in [0.15, 0.2) is 30.3 Å². The van der Waals surface area contributed by atoms with E-state index in [2.05, 4.69) is 4.98 Å². The maximum Gasteiger partial charge on any atom is 0.247 e. The van der Waals surface area contributed by atoms with E-state index in [0.29, 0.717) is 32.5 Å². The molecule has 2 heterocycles. The molecule has 1 atom stereocenters. The van der Waals surface area contributed by atoms with Gasteiger partial charge in [-0.2, -0.15) is 0 Å². The van der Waals surface area contributed by atoms with Gasteiger partial charge in [0, 0.05) is 24.2 Å². The van der Waals surface area contributed by atoms with Crippen molar-refractivity contribution in [3.05, 3.63) is 41.6 Å². The molecule has 1 amide bonds. The fraction of sp³-hybridized carbons (Fsp3) is 0.583. The number of para-hydroxylation sites is 1. The predicted molar refractivity (Wildman–Crippen MR) is 125 cm³/mol. The van der Waals surface area contributed by atoms with Gasteiger partial charge >= 0.3 is 0 Å². The summed E-state index contributed by atoms with van der Waals surface area (Å²) in [7, 11) is -3.60. The molecule has 0 radical (unpaired) electrons. The lowest BCUT2D eigenvalue weighted by molar-refractivity contribution is -0.134. The van der Waals surface area contributed by atoms with Crippen LogP contribution < -0.4 is 5.48 Å². The number of hydrogen-bond donors (Lipinski definition) is 2. The van der Waals surface area contributed by atoms with Gasteiger partial charge < -0.3 is 4.74 Å². The maximum atomic E-state index is 13.1. The second-order valence-corrected chi connectivity index (χ2v) is 11.3. The number of fused-ring (bicyclic) bond motifs is 1. The molecule has 33 heavy (non-hydrogen) atoms. The third-order valence-electron chi connectivity index (χ3n) is 7.00. The van der Waals surface area contributed by atoms with Gasteiger partial charge in [0.2, 0.25) is 15.9 Å². The van der Waals surface area contributed by atoms with E-state index >= 15 is 0 Å². The number of sulfonamides is 1. The first-order valence-corrected chi connectivity index (χ1v) is 13.4.